The average Bonchev–Trinajstić information content (AvgIpc) is 3.55. The number of hydrogen-bond donors (Lipinski definition) is 1. The van der Waals surface area contributed by atoms with Crippen LogP contribution in [0, 0.1) is 0 Å². The molecule has 0 aromatic carbocycles. The molecule has 0 aliphatic heterocycles. The lowest BCUT2D eigenvalue weighted by Gasteiger charge is -2.28. The number of aromatic nitrogens is 2. The second kappa shape index (κ2) is 11.4. The number of likely N-dealkylation sites (N-methyl/N-ethyl adjacent to an activating group) is 1. The first-order valence-electron chi connectivity index (χ1n) is 10.2. The van der Waals surface area contributed by atoms with Crippen molar-refractivity contribution in [2.75, 3.05) is 26.2 Å². The first-order chi connectivity index (χ1) is 15.1. The summed E-state index contributed by atoms with van der Waals surface area (Å²) < 4.78 is 15.7. The number of carbonyl (C=O) groups excluding carboxylic acids is 2. The lowest BCUT2D eigenvalue weighted by Crippen LogP contribution is -2.39. The highest BCUT2D eigenvalue weighted by Gasteiger charge is 2.21. The molecule has 31 heavy (non-hydrogen) atoms. The van der Waals surface area contributed by atoms with Gasteiger partial charge in [0.15, 0.2) is 6.61 Å². The van der Waals surface area contributed by atoms with E-state index in [1.807, 2.05) is 29.6 Å². The molecule has 3 aromatic heterocycles. The summed E-state index contributed by atoms with van der Waals surface area (Å²) in [4.78, 5) is 31.5. The van der Waals surface area contributed by atoms with Crippen molar-refractivity contribution in [3.05, 3.63) is 47.6 Å². The summed E-state index contributed by atoms with van der Waals surface area (Å²) in [5.41, 5.74) is 0. The minimum absolute atomic E-state index is 0.0494. The van der Waals surface area contributed by atoms with Crippen LogP contribution in [0.3, 0.4) is 0 Å². The summed E-state index contributed by atoms with van der Waals surface area (Å²) in [5, 5.41) is 8.63. The van der Waals surface area contributed by atoms with Gasteiger partial charge in [-0.3, -0.25) is 14.5 Å². The molecule has 1 atom stereocenters. The number of nitrogens with zero attached hydrogens (tertiary/aromatic N) is 3. The summed E-state index contributed by atoms with van der Waals surface area (Å²) >= 11 is 1.51. The first kappa shape index (κ1) is 22.7. The topological polar surface area (TPSA) is 111 Å². The molecule has 0 saturated carbocycles. The molecule has 0 fully saturated rings. The summed E-state index contributed by atoms with van der Waals surface area (Å²) in [7, 11) is 0. The number of rotatable bonds is 12. The number of ether oxygens (including phenoxy) is 1. The fraction of sp³-hybridized carbons (Fsp3) is 0.429. The highest BCUT2D eigenvalue weighted by atomic mass is 32.1. The lowest BCUT2D eigenvalue weighted by molar-refractivity contribution is -0.148. The molecule has 0 bridgehead atoms. The molecule has 3 rings (SSSR count). The molecule has 0 aliphatic carbocycles. The van der Waals surface area contributed by atoms with Crippen molar-refractivity contribution < 1.29 is 23.3 Å². The smallest absolute Gasteiger partial charge is 0.306 e. The molecule has 166 valence electrons. The molecule has 0 radical (unpaired) electrons. The van der Waals surface area contributed by atoms with Crippen LogP contribution in [-0.4, -0.2) is 53.2 Å². The molecule has 1 unspecified atom stereocenters. The number of furan rings is 1. The van der Waals surface area contributed by atoms with Crippen LogP contribution in [0.1, 0.15) is 38.0 Å². The molecular formula is C21H26N4O5S. The van der Waals surface area contributed by atoms with E-state index in [4.69, 9.17) is 13.7 Å². The molecule has 1 N–H and O–H groups in total. The van der Waals surface area contributed by atoms with Gasteiger partial charge in [-0.1, -0.05) is 25.1 Å². The minimum atomic E-state index is -0.502. The van der Waals surface area contributed by atoms with Crippen molar-refractivity contribution in [3.63, 3.8) is 0 Å². The van der Waals surface area contributed by atoms with E-state index in [1.54, 1.807) is 6.26 Å². The Morgan fingerprint density at radius 2 is 2.10 bits per heavy atom. The van der Waals surface area contributed by atoms with E-state index in [2.05, 4.69) is 34.2 Å². The number of thiophene rings is 1. The Labute approximate surface area is 184 Å². The van der Waals surface area contributed by atoms with Gasteiger partial charge in [-0.2, -0.15) is 4.98 Å². The Morgan fingerprint density at radius 1 is 1.26 bits per heavy atom. The van der Waals surface area contributed by atoms with Gasteiger partial charge < -0.3 is 19.0 Å². The third-order valence-corrected chi connectivity index (χ3v) is 5.60. The van der Waals surface area contributed by atoms with Gasteiger partial charge in [-0.15, -0.1) is 11.3 Å². The van der Waals surface area contributed by atoms with Crippen LogP contribution in [0.4, 0.5) is 0 Å². The largest absolute Gasteiger partial charge is 0.468 e. The highest BCUT2D eigenvalue weighted by Crippen LogP contribution is 2.22. The van der Waals surface area contributed by atoms with Crippen LogP contribution in [0.25, 0.3) is 10.7 Å². The fourth-order valence-electron chi connectivity index (χ4n) is 3.11. The van der Waals surface area contributed by atoms with Crippen molar-refractivity contribution in [1.29, 1.82) is 0 Å². The van der Waals surface area contributed by atoms with E-state index in [-0.39, 0.29) is 31.4 Å². The summed E-state index contributed by atoms with van der Waals surface area (Å²) in [6.45, 7) is 5.75. The standard InChI is InChI=1S/C21H26N4O5S/c1-3-25(4-2)15(16-7-5-11-28-16)13-22-18(26)14-29-20(27)10-9-19-23-21(24-30-19)17-8-6-12-31-17/h5-8,11-12,15H,3-4,9-10,13-14H2,1-2H3,(H,22,26). The molecule has 3 heterocycles. The maximum absolute atomic E-state index is 12.2. The predicted molar refractivity (Wildman–Crippen MR) is 114 cm³/mol. The summed E-state index contributed by atoms with van der Waals surface area (Å²) in [6.07, 6.45) is 1.91. The molecule has 1 amide bonds. The van der Waals surface area contributed by atoms with Crippen molar-refractivity contribution >= 4 is 23.2 Å². The molecule has 0 spiro atoms. The number of amides is 1. The molecule has 10 heteroatoms. The first-order valence-corrected chi connectivity index (χ1v) is 11.0. The van der Waals surface area contributed by atoms with Gasteiger partial charge >= 0.3 is 5.97 Å². The Bertz CT molecular complexity index is 935. The fourth-order valence-corrected chi connectivity index (χ4v) is 3.76. The Hall–Kier alpha value is -2.98. The van der Waals surface area contributed by atoms with Gasteiger partial charge in [0.2, 0.25) is 11.7 Å². The molecule has 9 nitrogen and oxygen atoms in total. The third kappa shape index (κ3) is 6.50. The zero-order valence-electron chi connectivity index (χ0n) is 17.6. The van der Waals surface area contributed by atoms with Crippen molar-refractivity contribution in [2.24, 2.45) is 0 Å². The maximum atomic E-state index is 12.2. The summed E-state index contributed by atoms with van der Waals surface area (Å²) in [6, 6.07) is 7.42. The number of aryl methyl sites for hydroxylation is 1. The van der Waals surface area contributed by atoms with E-state index in [9.17, 15) is 9.59 Å². The van der Waals surface area contributed by atoms with E-state index < -0.39 is 5.97 Å². The van der Waals surface area contributed by atoms with E-state index in [0.717, 1.165) is 23.7 Å². The van der Waals surface area contributed by atoms with E-state index >= 15 is 0 Å². The maximum Gasteiger partial charge on any atom is 0.306 e. The number of esters is 1. The zero-order chi connectivity index (χ0) is 22.1. The second-order valence-electron chi connectivity index (χ2n) is 6.71. The van der Waals surface area contributed by atoms with Gasteiger partial charge in [-0.05, 0) is 36.7 Å². The quantitative estimate of drug-likeness (QED) is 0.423. The monoisotopic (exact) mass is 446 g/mol. The van der Waals surface area contributed by atoms with Crippen molar-refractivity contribution in [3.8, 4) is 10.7 Å². The van der Waals surface area contributed by atoms with Crippen LogP contribution in [0.15, 0.2) is 44.8 Å². The van der Waals surface area contributed by atoms with Crippen LogP contribution >= 0.6 is 11.3 Å². The predicted octanol–water partition coefficient (Wildman–Crippen LogP) is 3.07. The van der Waals surface area contributed by atoms with Crippen LogP contribution in [-0.2, 0) is 20.7 Å². The molecule has 0 saturated heterocycles. The minimum Gasteiger partial charge on any atom is -0.468 e. The van der Waals surface area contributed by atoms with Gasteiger partial charge in [0, 0.05) is 13.0 Å². The van der Waals surface area contributed by atoms with E-state index in [1.165, 1.54) is 11.3 Å². The Kier molecular flexibility index (Phi) is 8.36. The van der Waals surface area contributed by atoms with E-state index in [0.29, 0.717) is 18.3 Å². The van der Waals surface area contributed by atoms with Gasteiger partial charge in [-0.25, -0.2) is 0 Å². The van der Waals surface area contributed by atoms with Crippen LogP contribution in [0.5, 0.6) is 0 Å². The average molecular weight is 447 g/mol. The Morgan fingerprint density at radius 3 is 2.77 bits per heavy atom. The zero-order valence-corrected chi connectivity index (χ0v) is 18.4. The van der Waals surface area contributed by atoms with Gasteiger partial charge in [0.25, 0.3) is 5.91 Å². The second-order valence-corrected chi connectivity index (χ2v) is 7.65. The van der Waals surface area contributed by atoms with Gasteiger partial charge in [0.1, 0.15) is 5.76 Å². The summed E-state index contributed by atoms with van der Waals surface area (Å²) in [5.74, 6) is 0.761. The molecule has 0 aliphatic rings. The van der Waals surface area contributed by atoms with Crippen molar-refractivity contribution in [2.45, 2.75) is 32.7 Å². The lowest BCUT2D eigenvalue weighted by atomic mass is 10.2. The third-order valence-electron chi connectivity index (χ3n) is 4.73. The van der Waals surface area contributed by atoms with Crippen LogP contribution in [0.2, 0.25) is 0 Å². The van der Waals surface area contributed by atoms with Gasteiger partial charge in [0.05, 0.1) is 23.6 Å². The van der Waals surface area contributed by atoms with Crippen LogP contribution < -0.4 is 5.32 Å². The van der Waals surface area contributed by atoms with Crippen molar-refractivity contribution in [1.82, 2.24) is 20.4 Å². The Balaban J connectivity index is 1.40. The number of hydrogen-bond acceptors (Lipinski definition) is 9. The highest BCUT2D eigenvalue weighted by molar-refractivity contribution is 7.13. The molecular weight excluding hydrogens is 420 g/mol. The number of carbonyl (C=O) groups is 2. The SMILES string of the molecule is CCN(CC)C(CNC(=O)COC(=O)CCc1nc(-c2cccs2)no1)c1ccco1. The molecule has 3 aromatic rings. The normalized spacial score (nSPS) is 12.1. The number of nitrogens with one attached hydrogen (secondary N) is 1.